The maximum Gasteiger partial charge on any atom is 0.256 e. The zero-order valence-electron chi connectivity index (χ0n) is 12.9. The van der Waals surface area contributed by atoms with Crippen molar-refractivity contribution >= 4 is 39.2 Å². The Morgan fingerprint density at radius 3 is 2.68 bits per heavy atom. The average Bonchev–Trinajstić information content (AvgIpc) is 3.09. The van der Waals surface area contributed by atoms with Crippen LogP contribution in [0.1, 0.15) is 27.2 Å². The van der Waals surface area contributed by atoms with Gasteiger partial charge in [-0.15, -0.1) is 0 Å². The fourth-order valence-corrected chi connectivity index (χ4v) is 3.64. The largest absolute Gasteiger partial charge is 0.361 e. The van der Waals surface area contributed by atoms with Crippen LogP contribution in [-0.2, 0) is 21.2 Å². The summed E-state index contributed by atoms with van der Waals surface area (Å²) in [5, 5.41) is 10.6. The second-order valence-electron chi connectivity index (χ2n) is 5.87. The van der Waals surface area contributed by atoms with Crippen LogP contribution in [0, 0.1) is 0 Å². The molecule has 2 aliphatic heterocycles. The fraction of sp³-hybridized carbons (Fsp3) is 0.125. The Hall–Kier alpha value is -2.91. The van der Waals surface area contributed by atoms with Crippen LogP contribution in [0.15, 0.2) is 29.3 Å². The number of H-pyrrole nitrogens is 1. The summed E-state index contributed by atoms with van der Waals surface area (Å²) in [6.45, 7) is 0.526. The van der Waals surface area contributed by atoms with Crippen molar-refractivity contribution in [1.29, 1.82) is 0 Å². The van der Waals surface area contributed by atoms with Gasteiger partial charge in [-0.05, 0) is 36.3 Å². The maximum absolute atomic E-state index is 12.3. The number of aromatic nitrogens is 1. The predicted molar refractivity (Wildman–Crippen MR) is 91.1 cm³/mol. The molecule has 4 rings (SSSR count). The number of hydrogen-bond acceptors (Lipinski definition) is 4. The molecule has 0 fully saturated rings. The van der Waals surface area contributed by atoms with Crippen LogP contribution in [-0.4, -0.2) is 31.8 Å². The van der Waals surface area contributed by atoms with Gasteiger partial charge < -0.3 is 15.6 Å². The molecule has 128 valence electrons. The molecule has 1 aromatic carbocycles. The summed E-state index contributed by atoms with van der Waals surface area (Å²) in [7, 11) is -3.88. The second kappa shape index (κ2) is 5.30. The fourth-order valence-electron chi connectivity index (χ4n) is 3.10. The zero-order chi connectivity index (χ0) is 17.8. The average molecular weight is 358 g/mol. The number of amides is 2. The van der Waals surface area contributed by atoms with Crippen molar-refractivity contribution in [2.24, 2.45) is 5.14 Å². The van der Waals surface area contributed by atoms with Gasteiger partial charge in [-0.25, -0.2) is 13.6 Å². The van der Waals surface area contributed by atoms with Crippen LogP contribution >= 0.6 is 0 Å². The van der Waals surface area contributed by atoms with Crippen LogP contribution in [0.4, 0.5) is 5.69 Å². The molecule has 0 saturated heterocycles. The van der Waals surface area contributed by atoms with E-state index in [-0.39, 0.29) is 16.7 Å². The molecule has 0 bridgehead atoms. The van der Waals surface area contributed by atoms with E-state index in [0.717, 1.165) is 5.56 Å². The van der Waals surface area contributed by atoms with Crippen LogP contribution in [0.3, 0.4) is 0 Å². The summed E-state index contributed by atoms with van der Waals surface area (Å²) >= 11 is 0. The molecule has 5 N–H and O–H groups in total. The Bertz CT molecular complexity index is 1070. The topological polar surface area (TPSA) is 134 Å². The second-order valence-corrected chi connectivity index (χ2v) is 7.43. The summed E-state index contributed by atoms with van der Waals surface area (Å²) in [5.74, 6) is -0.500. The first-order chi connectivity index (χ1) is 11.8. The van der Waals surface area contributed by atoms with Gasteiger partial charge in [0.15, 0.2) is 0 Å². The van der Waals surface area contributed by atoms with Crippen LogP contribution in [0.5, 0.6) is 0 Å². The molecule has 25 heavy (non-hydrogen) atoms. The monoisotopic (exact) mass is 358 g/mol. The van der Waals surface area contributed by atoms with Gasteiger partial charge in [-0.3, -0.25) is 9.59 Å². The molecule has 1 aromatic heterocycles. The molecule has 2 aromatic rings. The SMILES string of the molecule is NS(=O)(=O)c1ccc2c(c1)/C(=C/c1[nH]cc3c1CCNC3=O)C(=O)N2. The summed E-state index contributed by atoms with van der Waals surface area (Å²) < 4.78 is 23.1. The Kier molecular flexibility index (Phi) is 3.31. The molecular weight excluding hydrogens is 344 g/mol. The number of benzene rings is 1. The van der Waals surface area contributed by atoms with E-state index in [4.69, 9.17) is 5.14 Å². The Balaban J connectivity index is 1.84. The van der Waals surface area contributed by atoms with Crippen molar-refractivity contribution in [3.05, 3.63) is 46.8 Å². The lowest BCUT2D eigenvalue weighted by atomic mass is 10.00. The molecule has 0 atom stereocenters. The minimum absolute atomic E-state index is 0.0680. The lowest BCUT2D eigenvalue weighted by molar-refractivity contribution is -0.110. The molecular formula is C16H14N4O4S. The van der Waals surface area contributed by atoms with E-state index >= 15 is 0 Å². The molecule has 2 aliphatic rings. The van der Waals surface area contributed by atoms with Crippen LogP contribution in [0.2, 0.25) is 0 Å². The smallest absolute Gasteiger partial charge is 0.256 e. The summed E-state index contributed by atoms with van der Waals surface area (Å²) in [6, 6.07) is 4.22. The van der Waals surface area contributed by atoms with Gasteiger partial charge in [0.2, 0.25) is 10.0 Å². The Morgan fingerprint density at radius 1 is 1.12 bits per heavy atom. The summed E-state index contributed by atoms with van der Waals surface area (Å²) in [4.78, 5) is 27.1. The first-order valence-corrected chi connectivity index (χ1v) is 9.08. The molecule has 0 aliphatic carbocycles. The number of nitrogens with two attached hydrogens (primary N) is 1. The first kappa shape index (κ1) is 15.6. The third-order valence-corrected chi connectivity index (χ3v) is 5.23. The molecule has 8 nitrogen and oxygen atoms in total. The standard InChI is InChI=1S/C16H14N4O4S/c17-25(23,24)8-1-2-13-10(5-8)11(16(22)20-13)6-14-9-3-4-18-15(21)12(9)7-19-14/h1-2,5-7,19H,3-4H2,(H,18,21)(H,20,22)(H2,17,23,24)/b11-6-. The summed E-state index contributed by atoms with van der Waals surface area (Å²) in [6.07, 6.45) is 3.88. The van der Waals surface area contributed by atoms with E-state index in [1.54, 1.807) is 12.3 Å². The van der Waals surface area contributed by atoms with Gasteiger partial charge >= 0.3 is 0 Å². The molecule has 0 unspecified atom stereocenters. The van der Waals surface area contributed by atoms with Crippen LogP contribution < -0.4 is 15.8 Å². The molecule has 0 radical (unpaired) electrons. The number of nitrogens with one attached hydrogen (secondary N) is 3. The van der Waals surface area contributed by atoms with E-state index in [9.17, 15) is 18.0 Å². The number of fused-ring (bicyclic) bond motifs is 2. The van der Waals surface area contributed by atoms with E-state index in [1.165, 1.54) is 18.2 Å². The third kappa shape index (κ3) is 2.53. The number of primary sulfonamides is 1. The number of aromatic amines is 1. The zero-order valence-corrected chi connectivity index (χ0v) is 13.7. The van der Waals surface area contributed by atoms with Crippen molar-refractivity contribution in [3.63, 3.8) is 0 Å². The van der Waals surface area contributed by atoms with Crippen molar-refractivity contribution in [1.82, 2.24) is 10.3 Å². The maximum atomic E-state index is 12.3. The highest BCUT2D eigenvalue weighted by Crippen LogP contribution is 2.35. The van der Waals surface area contributed by atoms with Crippen molar-refractivity contribution < 1.29 is 18.0 Å². The number of sulfonamides is 1. The van der Waals surface area contributed by atoms with E-state index in [1.807, 2.05) is 0 Å². The van der Waals surface area contributed by atoms with Crippen molar-refractivity contribution in [2.75, 3.05) is 11.9 Å². The Labute approximate surface area is 143 Å². The highest BCUT2D eigenvalue weighted by Gasteiger charge is 2.27. The van der Waals surface area contributed by atoms with E-state index < -0.39 is 10.0 Å². The van der Waals surface area contributed by atoms with Crippen molar-refractivity contribution in [3.8, 4) is 0 Å². The summed E-state index contributed by atoms with van der Waals surface area (Å²) in [5.41, 5.74) is 3.33. The highest BCUT2D eigenvalue weighted by molar-refractivity contribution is 7.89. The minimum Gasteiger partial charge on any atom is -0.361 e. The molecule has 3 heterocycles. The van der Waals surface area contributed by atoms with Gasteiger partial charge in [-0.2, -0.15) is 0 Å². The van der Waals surface area contributed by atoms with Crippen molar-refractivity contribution in [2.45, 2.75) is 11.3 Å². The molecule has 0 saturated carbocycles. The van der Waals surface area contributed by atoms with Gasteiger partial charge in [-0.1, -0.05) is 0 Å². The van der Waals surface area contributed by atoms with E-state index in [2.05, 4.69) is 15.6 Å². The number of anilines is 1. The normalized spacial score (nSPS) is 17.9. The number of hydrogen-bond donors (Lipinski definition) is 4. The van der Waals surface area contributed by atoms with Gasteiger partial charge in [0.1, 0.15) is 0 Å². The predicted octanol–water partition coefficient (Wildman–Crippen LogP) is 0.441. The minimum atomic E-state index is -3.88. The number of rotatable bonds is 2. The lowest BCUT2D eigenvalue weighted by Gasteiger charge is -2.12. The quantitative estimate of drug-likeness (QED) is 0.580. The van der Waals surface area contributed by atoms with Gasteiger partial charge in [0.25, 0.3) is 11.8 Å². The highest BCUT2D eigenvalue weighted by atomic mass is 32.2. The van der Waals surface area contributed by atoms with Gasteiger partial charge in [0.05, 0.1) is 16.0 Å². The van der Waals surface area contributed by atoms with Crippen LogP contribution in [0.25, 0.3) is 11.6 Å². The number of carbonyl (C=O) groups excluding carboxylic acids is 2. The third-order valence-electron chi connectivity index (χ3n) is 4.32. The van der Waals surface area contributed by atoms with E-state index in [0.29, 0.717) is 41.0 Å². The number of carbonyl (C=O) groups is 2. The molecule has 9 heteroatoms. The Morgan fingerprint density at radius 2 is 1.92 bits per heavy atom. The molecule has 0 spiro atoms. The molecule has 2 amide bonds. The first-order valence-electron chi connectivity index (χ1n) is 7.53. The van der Waals surface area contributed by atoms with Gasteiger partial charge in [0, 0.05) is 29.7 Å². The lowest BCUT2D eigenvalue weighted by Crippen LogP contribution is -2.31.